The highest BCUT2D eigenvalue weighted by atomic mass is 19.1. The number of rotatable bonds is 1. The van der Waals surface area contributed by atoms with Gasteiger partial charge in [-0.3, -0.25) is 0 Å². The van der Waals surface area contributed by atoms with Crippen molar-refractivity contribution in [3.63, 3.8) is 0 Å². The number of nitriles is 2. The van der Waals surface area contributed by atoms with E-state index in [0.29, 0.717) is 5.56 Å². The monoisotopic (exact) mass is 240 g/mol. The molecule has 2 aromatic carbocycles. The van der Waals surface area contributed by atoms with Gasteiger partial charge in [-0.05, 0) is 18.2 Å². The lowest BCUT2D eigenvalue weighted by Gasteiger charge is -2.06. The van der Waals surface area contributed by atoms with E-state index in [2.05, 4.69) is 0 Å². The first-order valence-corrected chi connectivity index (χ1v) is 5.06. The van der Waals surface area contributed by atoms with Crippen LogP contribution in [0.1, 0.15) is 11.1 Å². The van der Waals surface area contributed by atoms with Gasteiger partial charge in [-0.25, -0.2) is 8.78 Å². The number of halogens is 2. The van der Waals surface area contributed by atoms with Crippen LogP contribution in [0.15, 0.2) is 36.4 Å². The summed E-state index contributed by atoms with van der Waals surface area (Å²) < 4.78 is 27.3. The van der Waals surface area contributed by atoms with Gasteiger partial charge in [-0.15, -0.1) is 0 Å². The largest absolute Gasteiger partial charge is 0.206 e. The highest BCUT2D eigenvalue weighted by Crippen LogP contribution is 2.28. The molecule has 0 amide bonds. The minimum absolute atomic E-state index is 0.0244. The first-order valence-electron chi connectivity index (χ1n) is 5.06. The molecule has 0 aliphatic carbocycles. The molecular formula is C14H6F2N2. The Kier molecular flexibility index (Phi) is 3.03. The topological polar surface area (TPSA) is 47.6 Å². The van der Waals surface area contributed by atoms with Gasteiger partial charge in [0.25, 0.3) is 0 Å². The molecule has 4 heteroatoms. The summed E-state index contributed by atoms with van der Waals surface area (Å²) in [7, 11) is 0. The minimum Gasteiger partial charge on any atom is -0.206 e. The molecule has 86 valence electrons. The summed E-state index contributed by atoms with van der Waals surface area (Å²) in [5.41, 5.74) is 0.177. The molecule has 0 aliphatic rings. The number of hydrogen-bond acceptors (Lipinski definition) is 2. The molecule has 0 unspecified atom stereocenters. The number of hydrogen-bond donors (Lipinski definition) is 0. The maximum absolute atomic E-state index is 13.8. The van der Waals surface area contributed by atoms with Gasteiger partial charge in [0.15, 0.2) is 0 Å². The van der Waals surface area contributed by atoms with E-state index in [9.17, 15) is 8.78 Å². The van der Waals surface area contributed by atoms with Crippen LogP contribution in [-0.2, 0) is 0 Å². The van der Waals surface area contributed by atoms with Crippen LogP contribution >= 0.6 is 0 Å². The van der Waals surface area contributed by atoms with Crippen molar-refractivity contribution in [3.8, 4) is 23.3 Å². The highest BCUT2D eigenvalue weighted by Gasteiger charge is 2.13. The molecule has 2 nitrogen and oxygen atoms in total. The standard InChI is InChI=1S/C14H6F2N2/c15-13-6-12(14(16)5-10(13)8-18)11-4-2-1-3-9(11)7-17/h1-6H. The molecule has 0 saturated heterocycles. The van der Waals surface area contributed by atoms with E-state index < -0.39 is 11.6 Å². The Bertz CT molecular complexity index is 694. The van der Waals surface area contributed by atoms with Crippen LogP contribution in [0.4, 0.5) is 8.78 Å². The summed E-state index contributed by atoms with van der Waals surface area (Å²) in [6.07, 6.45) is 0. The summed E-state index contributed by atoms with van der Waals surface area (Å²) in [4.78, 5) is 0. The molecular weight excluding hydrogens is 234 g/mol. The van der Waals surface area contributed by atoms with Gasteiger partial charge in [0.05, 0.1) is 17.2 Å². The lowest BCUT2D eigenvalue weighted by molar-refractivity contribution is 0.600. The third-order valence-corrected chi connectivity index (χ3v) is 2.51. The Hall–Kier alpha value is -2.72. The van der Waals surface area contributed by atoms with Crippen molar-refractivity contribution in [3.05, 3.63) is 59.2 Å². The summed E-state index contributed by atoms with van der Waals surface area (Å²) in [6, 6.07) is 11.6. The van der Waals surface area contributed by atoms with Crippen molar-refractivity contribution < 1.29 is 8.78 Å². The quantitative estimate of drug-likeness (QED) is 0.767. The van der Waals surface area contributed by atoms with E-state index in [4.69, 9.17) is 10.5 Å². The average Bonchev–Trinajstić information content (AvgIpc) is 2.41. The third kappa shape index (κ3) is 1.92. The van der Waals surface area contributed by atoms with Gasteiger partial charge in [-0.1, -0.05) is 18.2 Å². The van der Waals surface area contributed by atoms with Gasteiger partial charge in [0.1, 0.15) is 17.7 Å². The second kappa shape index (κ2) is 4.65. The van der Waals surface area contributed by atoms with E-state index in [0.717, 1.165) is 12.1 Å². The fourth-order valence-corrected chi connectivity index (χ4v) is 1.65. The van der Waals surface area contributed by atoms with Crippen LogP contribution in [-0.4, -0.2) is 0 Å². The van der Waals surface area contributed by atoms with Crippen molar-refractivity contribution in [2.45, 2.75) is 0 Å². The second-order valence-corrected chi connectivity index (χ2v) is 3.58. The molecule has 0 radical (unpaired) electrons. The van der Waals surface area contributed by atoms with E-state index in [1.165, 1.54) is 12.1 Å². The van der Waals surface area contributed by atoms with Gasteiger partial charge in [0, 0.05) is 11.1 Å². The molecule has 0 heterocycles. The normalized spacial score (nSPS) is 9.56. The van der Waals surface area contributed by atoms with Crippen LogP contribution in [0.3, 0.4) is 0 Å². The smallest absolute Gasteiger partial charge is 0.141 e. The van der Waals surface area contributed by atoms with Crippen LogP contribution in [0.25, 0.3) is 11.1 Å². The van der Waals surface area contributed by atoms with Gasteiger partial charge in [0.2, 0.25) is 0 Å². The van der Waals surface area contributed by atoms with Gasteiger partial charge >= 0.3 is 0 Å². The SMILES string of the molecule is N#Cc1cc(F)c(-c2ccccc2C#N)cc1F. The Morgan fingerprint density at radius 2 is 1.44 bits per heavy atom. The summed E-state index contributed by atoms with van der Waals surface area (Å²) in [6.45, 7) is 0. The van der Waals surface area contributed by atoms with Crippen molar-refractivity contribution in [1.82, 2.24) is 0 Å². The maximum Gasteiger partial charge on any atom is 0.141 e. The molecule has 18 heavy (non-hydrogen) atoms. The zero-order chi connectivity index (χ0) is 13.1. The van der Waals surface area contributed by atoms with Crippen molar-refractivity contribution in [1.29, 1.82) is 10.5 Å². The first kappa shape index (κ1) is 11.8. The molecule has 2 rings (SSSR count). The lowest BCUT2D eigenvalue weighted by atomic mass is 9.98. The molecule has 0 spiro atoms. The first-order chi connectivity index (χ1) is 8.67. The summed E-state index contributed by atoms with van der Waals surface area (Å²) in [5, 5.41) is 17.5. The van der Waals surface area contributed by atoms with Crippen molar-refractivity contribution >= 4 is 0 Å². The van der Waals surface area contributed by atoms with Crippen LogP contribution < -0.4 is 0 Å². The molecule has 0 saturated carbocycles. The van der Waals surface area contributed by atoms with Crippen molar-refractivity contribution in [2.75, 3.05) is 0 Å². The molecule has 0 aromatic heterocycles. The Morgan fingerprint density at radius 3 is 2.11 bits per heavy atom. The lowest BCUT2D eigenvalue weighted by Crippen LogP contribution is -1.93. The number of nitrogens with zero attached hydrogens (tertiary/aromatic N) is 2. The average molecular weight is 240 g/mol. The Balaban J connectivity index is 2.70. The predicted molar refractivity (Wildman–Crippen MR) is 61.2 cm³/mol. The van der Waals surface area contributed by atoms with Crippen LogP contribution in [0.5, 0.6) is 0 Å². The fourth-order valence-electron chi connectivity index (χ4n) is 1.65. The minimum atomic E-state index is -0.804. The molecule has 0 atom stereocenters. The van der Waals surface area contributed by atoms with Crippen molar-refractivity contribution in [2.24, 2.45) is 0 Å². The molecule has 0 fully saturated rings. The van der Waals surface area contributed by atoms with Gasteiger partial charge in [-0.2, -0.15) is 10.5 Å². The molecule has 0 bridgehead atoms. The molecule has 0 N–H and O–H groups in total. The molecule has 2 aromatic rings. The van der Waals surface area contributed by atoms with Gasteiger partial charge < -0.3 is 0 Å². The zero-order valence-electron chi connectivity index (χ0n) is 9.11. The molecule has 0 aliphatic heterocycles. The predicted octanol–water partition coefficient (Wildman–Crippen LogP) is 3.38. The highest BCUT2D eigenvalue weighted by molar-refractivity contribution is 5.71. The maximum atomic E-state index is 13.8. The summed E-state index contributed by atoms with van der Waals surface area (Å²) >= 11 is 0. The van der Waals surface area contributed by atoms with E-state index in [1.807, 2.05) is 6.07 Å². The third-order valence-electron chi connectivity index (χ3n) is 2.51. The van der Waals surface area contributed by atoms with Crippen LogP contribution in [0.2, 0.25) is 0 Å². The Labute approximate surface area is 102 Å². The van der Waals surface area contributed by atoms with E-state index in [1.54, 1.807) is 18.2 Å². The Morgan fingerprint density at radius 1 is 0.778 bits per heavy atom. The van der Waals surface area contributed by atoms with E-state index in [-0.39, 0.29) is 16.7 Å². The van der Waals surface area contributed by atoms with E-state index >= 15 is 0 Å². The van der Waals surface area contributed by atoms with Crippen LogP contribution in [0, 0.1) is 34.3 Å². The second-order valence-electron chi connectivity index (χ2n) is 3.58. The fraction of sp³-hybridized carbons (Fsp3) is 0. The number of benzene rings is 2. The summed E-state index contributed by atoms with van der Waals surface area (Å²) in [5.74, 6) is -1.53. The zero-order valence-corrected chi connectivity index (χ0v) is 9.11.